The molecule has 0 aliphatic carbocycles. The van der Waals surface area contributed by atoms with Crippen LogP contribution in [0.4, 0.5) is 0 Å². The molecule has 17 heavy (non-hydrogen) atoms. The van der Waals surface area contributed by atoms with E-state index in [-0.39, 0.29) is 0 Å². The normalized spacial score (nSPS) is 10.4. The number of aromatic nitrogens is 2. The number of ether oxygens (including phenoxy) is 1. The molecule has 0 bridgehead atoms. The number of nitrogens with one attached hydrogen (secondary N) is 1. The summed E-state index contributed by atoms with van der Waals surface area (Å²) in [4.78, 5) is 0.319. The van der Waals surface area contributed by atoms with Gasteiger partial charge in [-0.05, 0) is 37.7 Å². The number of rotatable bonds is 5. The Morgan fingerprint density at radius 1 is 1.35 bits per heavy atom. The van der Waals surface area contributed by atoms with Gasteiger partial charge in [-0.3, -0.25) is 0 Å². The van der Waals surface area contributed by atoms with Crippen LogP contribution in [0.15, 0.2) is 28.7 Å². The maximum atomic E-state index is 5.58. The van der Waals surface area contributed by atoms with Gasteiger partial charge in [0.2, 0.25) is 5.89 Å². The Bertz CT molecular complexity index is 516. The van der Waals surface area contributed by atoms with Gasteiger partial charge in [0.15, 0.2) is 0 Å². The highest BCUT2D eigenvalue weighted by atomic mass is 32.1. The molecule has 1 N–H and O–H groups in total. The van der Waals surface area contributed by atoms with Crippen LogP contribution in [0, 0.1) is 11.8 Å². The van der Waals surface area contributed by atoms with E-state index in [1.807, 2.05) is 24.3 Å². The van der Waals surface area contributed by atoms with Gasteiger partial charge in [-0.15, -0.1) is 5.10 Å². The summed E-state index contributed by atoms with van der Waals surface area (Å²) < 4.78 is 10.7. The smallest absolute Gasteiger partial charge is 0.284 e. The van der Waals surface area contributed by atoms with Crippen molar-refractivity contribution < 1.29 is 9.15 Å². The van der Waals surface area contributed by atoms with E-state index < -0.39 is 0 Å². The SMILES string of the molecule is Cc1ccc(OCCCc2n[nH]c(=S)o2)cc1. The second-order valence-electron chi connectivity index (χ2n) is 3.77. The first-order valence-corrected chi connectivity index (χ1v) is 5.89. The lowest BCUT2D eigenvalue weighted by Crippen LogP contribution is -1.99. The summed E-state index contributed by atoms with van der Waals surface area (Å²) in [6, 6.07) is 7.99. The van der Waals surface area contributed by atoms with E-state index >= 15 is 0 Å². The topological polar surface area (TPSA) is 51.0 Å². The first kappa shape index (κ1) is 11.9. The fraction of sp³-hybridized carbons (Fsp3) is 0.333. The van der Waals surface area contributed by atoms with Crippen molar-refractivity contribution in [2.24, 2.45) is 0 Å². The number of benzene rings is 1. The molecule has 1 heterocycles. The fourth-order valence-electron chi connectivity index (χ4n) is 1.42. The van der Waals surface area contributed by atoms with Crippen molar-refractivity contribution in [1.29, 1.82) is 0 Å². The fourth-order valence-corrected chi connectivity index (χ4v) is 1.56. The monoisotopic (exact) mass is 250 g/mol. The van der Waals surface area contributed by atoms with Gasteiger partial charge < -0.3 is 9.15 Å². The first-order valence-electron chi connectivity index (χ1n) is 5.48. The summed E-state index contributed by atoms with van der Waals surface area (Å²) in [5.74, 6) is 1.51. The quantitative estimate of drug-likeness (QED) is 0.654. The molecule has 5 heteroatoms. The molecule has 0 saturated heterocycles. The second kappa shape index (κ2) is 5.63. The Morgan fingerprint density at radius 2 is 2.12 bits per heavy atom. The van der Waals surface area contributed by atoms with E-state index in [9.17, 15) is 0 Å². The van der Waals surface area contributed by atoms with Crippen molar-refractivity contribution in [3.05, 3.63) is 40.6 Å². The van der Waals surface area contributed by atoms with Crippen molar-refractivity contribution in [1.82, 2.24) is 10.2 Å². The molecule has 2 rings (SSSR count). The number of aryl methyl sites for hydroxylation is 2. The lowest BCUT2D eigenvalue weighted by atomic mass is 10.2. The van der Waals surface area contributed by atoms with Gasteiger partial charge in [-0.2, -0.15) is 0 Å². The van der Waals surface area contributed by atoms with Gasteiger partial charge in [-0.25, -0.2) is 5.10 Å². The van der Waals surface area contributed by atoms with E-state index in [1.54, 1.807) is 0 Å². The minimum atomic E-state index is 0.319. The van der Waals surface area contributed by atoms with Crippen molar-refractivity contribution in [3.63, 3.8) is 0 Å². The van der Waals surface area contributed by atoms with E-state index in [2.05, 4.69) is 17.1 Å². The van der Waals surface area contributed by atoms with Gasteiger partial charge in [0, 0.05) is 6.42 Å². The standard InChI is InChI=1S/C12H14N2O2S/c1-9-4-6-10(7-5-9)15-8-2-3-11-13-14-12(17)16-11/h4-7H,2-3,8H2,1H3,(H,14,17). The van der Waals surface area contributed by atoms with E-state index in [0.717, 1.165) is 18.6 Å². The Hall–Kier alpha value is -1.62. The van der Waals surface area contributed by atoms with Crippen LogP contribution in [0.5, 0.6) is 5.75 Å². The number of H-pyrrole nitrogens is 1. The molecule has 1 aromatic carbocycles. The molecule has 0 aliphatic heterocycles. The molecule has 4 nitrogen and oxygen atoms in total. The Morgan fingerprint density at radius 3 is 2.76 bits per heavy atom. The molecule has 0 atom stereocenters. The molecule has 90 valence electrons. The van der Waals surface area contributed by atoms with Crippen LogP contribution in [-0.4, -0.2) is 16.8 Å². The number of hydrogen-bond acceptors (Lipinski definition) is 4. The molecule has 1 aromatic heterocycles. The summed E-state index contributed by atoms with van der Waals surface area (Å²) >= 11 is 4.78. The van der Waals surface area contributed by atoms with Crippen LogP contribution in [0.3, 0.4) is 0 Å². The maximum Gasteiger partial charge on any atom is 0.284 e. The molecule has 0 spiro atoms. The lowest BCUT2D eigenvalue weighted by Gasteiger charge is -2.04. The van der Waals surface area contributed by atoms with Gasteiger partial charge in [-0.1, -0.05) is 17.7 Å². The van der Waals surface area contributed by atoms with Crippen molar-refractivity contribution in [2.75, 3.05) is 6.61 Å². The highest BCUT2D eigenvalue weighted by Crippen LogP contribution is 2.11. The molecule has 0 aliphatic rings. The summed E-state index contributed by atoms with van der Waals surface area (Å²) in [6.45, 7) is 2.69. The first-order chi connectivity index (χ1) is 8.24. The predicted octanol–water partition coefficient (Wildman–Crippen LogP) is 3.05. The van der Waals surface area contributed by atoms with Crippen LogP contribution in [0.25, 0.3) is 0 Å². The minimum absolute atomic E-state index is 0.319. The van der Waals surface area contributed by atoms with Crippen LogP contribution < -0.4 is 4.74 Å². The van der Waals surface area contributed by atoms with E-state index in [4.69, 9.17) is 21.4 Å². The van der Waals surface area contributed by atoms with Gasteiger partial charge >= 0.3 is 0 Å². The average molecular weight is 250 g/mol. The van der Waals surface area contributed by atoms with Crippen molar-refractivity contribution in [3.8, 4) is 5.75 Å². The second-order valence-corrected chi connectivity index (χ2v) is 4.14. The summed E-state index contributed by atoms with van der Waals surface area (Å²) in [5, 5.41) is 6.51. The van der Waals surface area contributed by atoms with Gasteiger partial charge in [0.05, 0.1) is 6.61 Å². The van der Waals surface area contributed by atoms with Crippen LogP contribution in [0.2, 0.25) is 0 Å². The van der Waals surface area contributed by atoms with Gasteiger partial charge in [0.1, 0.15) is 5.75 Å². The maximum absolute atomic E-state index is 5.58. The van der Waals surface area contributed by atoms with Crippen molar-refractivity contribution in [2.45, 2.75) is 19.8 Å². The zero-order valence-electron chi connectivity index (χ0n) is 9.60. The molecule has 0 unspecified atom stereocenters. The van der Waals surface area contributed by atoms with Crippen LogP contribution in [-0.2, 0) is 6.42 Å². The molecule has 0 amide bonds. The summed E-state index contributed by atoms with van der Waals surface area (Å²) in [5.41, 5.74) is 1.23. The summed E-state index contributed by atoms with van der Waals surface area (Å²) in [7, 11) is 0. The molecular formula is C12H14N2O2S. The zero-order valence-corrected chi connectivity index (χ0v) is 10.4. The Labute approximate surface area is 105 Å². The number of nitrogens with zero attached hydrogens (tertiary/aromatic N) is 1. The third-order valence-electron chi connectivity index (χ3n) is 2.31. The molecule has 0 saturated carbocycles. The average Bonchev–Trinajstić information content (AvgIpc) is 2.73. The van der Waals surface area contributed by atoms with Gasteiger partial charge in [0.25, 0.3) is 4.84 Å². The van der Waals surface area contributed by atoms with Crippen molar-refractivity contribution >= 4 is 12.2 Å². The third-order valence-corrected chi connectivity index (χ3v) is 2.48. The molecule has 0 radical (unpaired) electrons. The number of hydrogen-bond donors (Lipinski definition) is 1. The van der Waals surface area contributed by atoms with Crippen LogP contribution >= 0.6 is 12.2 Å². The Balaban J connectivity index is 1.73. The molecule has 2 aromatic rings. The molecular weight excluding hydrogens is 236 g/mol. The van der Waals surface area contributed by atoms with Crippen LogP contribution in [0.1, 0.15) is 17.9 Å². The molecule has 0 fully saturated rings. The zero-order chi connectivity index (χ0) is 12.1. The highest BCUT2D eigenvalue weighted by molar-refractivity contribution is 7.71. The van der Waals surface area contributed by atoms with E-state index in [1.165, 1.54) is 5.56 Å². The highest BCUT2D eigenvalue weighted by Gasteiger charge is 1.99. The summed E-state index contributed by atoms with van der Waals surface area (Å²) in [6.07, 6.45) is 1.57. The minimum Gasteiger partial charge on any atom is -0.494 e. The lowest BCUT2D eigenvalue weighted by molar-refractivity contribution is 0.304. The number of aromatic amines is 1. The predicted molar refractivity (Wildman–Crippen MR) is 66.7 cm³/mol. The largest absolute Gasteiger partial charge is 0.494 e. The van der Waals surface area contributed by atoms with E-state index in [0.29, 0.717) is 17.3 Å². The Kier molecular flexibility index (Phi) is 3.93. The third kappa shape index (κ3) is 3.71.